The second-order valence-corrected chi connectivity index (χ2v) is 8.73. The first kappa shape index (κ1) is 23.9. The SMILES string of the molecule is Cc1cccc(Nc2ccnc3ccc(F)cc23)c1.O=CN1CCc2c(Nc3ccncc3)cccc21. The van der Waals surface area contributed by atoms with Gasteiger partial charge in [0.25, 0.3) is 0 Å². The molecule has 0 saturated carbocycles. The monoisotopic (exact) mass is 491 g/mol. The number of hydrogen-bond acceptors (Lipinski definition) is 5. The van der Waals surface area contributed by atoms with E-state index in [9.17, 15) is 9.18 Å². The second kappa shape index (κ2) is 10.9. The van der Waals surface area contributed by atoms with Crippen molar-refractivity contribution in [2.45, 2.75) is 13.3 Å². The molecule has 0 atom stereocenters. The van der Waals surface area contributed by atoms with Crippen LogP contribution in [0.1, 0.15) is 11.1 Å². The number of carbonyl (C=O) groups is 1. The van der Waals surface area contributed by atoms with Crippen molar-refractivity contribution in [2.75, 3.05) is 22.1 Å². The van der Waals surface area contributed by atoms with Crippen molar-refractivity contribution >= 4 is 45.7 Å². The third-order valence-corrected chi connectivity index (χ3v) is 6.15. The second-order valence-electron chi connectivity index (χ2n) is 8.73. The normalized spacial score (nSPS) is 11.9. The molecule has 2 aromatic heterocycles. The topological polar surface area (TPSA) is 70.2 Å². The van der Waals surface area contributed by atoms with Gasteiger partial charge in [0.05, 0.1) is 5.52 Å². The standard InChI is InChI=1S/C16H13FN2.C14H13N3O/c1-11-3-2-4-13(9-11)19-16-7-8-18-15-6-5-12(17)10-14(15)16;18-10-17-9-6-12-13(2-1-3-14(12)17)16-11-4-7-15-8-5-11/h2-10H,1H3,(H,18,19);1-5,7-8,10H,6,9H2,(H,15,16). The lowest BCUT2D eigenvalue weighted by molar-refractivity contribution is -0.107. The van der Waals surface area contributed by atoms with Gasteiger partial charge in [0, 0.05) is 64.5 Å². The highest BCUT2D eigenvalue weighted by Crippen LogP contribution is 2.34. The smallest absolute Gasteiger partial charge is 0.214 e. The molecule has 1 amide bonds. The molecule has 5 aromatic rings. The minimum absolute atomic E-state index is 0.257. The van der Waals surface area contributed by atoms with Gasteiger partial charge in [-0.3, -0.25) is 14.8 Å². The first-order valence-corrected chi connectivity index (χ1v) is 12.0. The van der Waals surface area contributed by atoms with Gasteiger partial charge >= 0.3 is 0 Å². The lowest BCUT2D eigenvalue weighted by Crippen LogP contribution is -2.17. The molecule has 3 heterocycles. The Morgan fingerprint density at radius 3 is 2.49 bits per heavy atom. The van der Waals surface area contributed by atoms with Crippen LogP contribution in [0.4, 0.5) is 32.8 Å². The van der Waals surface area contributed by atoms with Crippen LogP contribution in [0.15, 0.2) is 97.5 Å². The van der Waals surface area contributed by atoms with Gasteiger partial charge in [0.15, 0.2) is 0 Å². The zero-order valence-corrected chi connectivity index (χ0v) is 20.4. The number of anilines is 5. The Kier molecular flexibility index (Phi) is 7.03. The Balaban J connectivity index is 0.000000152. The molecular formula is C30H26FN5O. The molecule has 0 fully saturated rings. The third-order valence-electron chi connectivity index (χ3n) is 6.15. The summed E-state index contributed by atoms with van der Waals surface area (Å²) in [5, 5.41) is 7.46. The van der Waals surface area contributed by atoms with Crippen molar-refractivity contribution in [3.63, 3.8) is 0 Å². The van der Waals surface area contributed by atoms with E-state index < -0.39 is 0 Å². The minimum Gasteiger partial charge on any atom is -0.355 e. The van der Waals surface area contributed by atoms with E-state index in [1.165, 1.54) is 23.3 Å². The lowest BCUT2D eigenvalue weighted by atomic mass is 10.1. The highest BCUT2D eigenvalue weighted by atomic mass is 19.1. The maximum absolute atomic E-state index is 13.4. The molecule has 0 unspecified atom stereocenters. The number of fused-ring (bicyclic) bond motifs is 2. The fourth-order valence-electron chi connectivity index (χ4n) is 4.38. The van der Waals surface area contributed by atoms with Crippen LogP contribution in [-0.4, -0.2) is 22.9 Å². The van der Waals surface area contributed by atoms with Gasteiger partial charge in [0.1, 0.15) is 5.82 Å². The quantitative estimate of drug-likeness (QED) is 0.266. The van der Waals surface area contributed by atoms with Crippen molar-refractivity contribution in [1.29, 1.82) is 0 Å². The number of pyridine rings is 2. The molecule has 3 aromatic carbocycles. The van der Waals surface area contributed by atoms with E-state index in [1.54, 1.807) is 29.6 Å². The molecule has 37 heavy (non-hydrogen) atoms. The van der Waals surface area contributed by atoms with Crippen LogP contribution in [0.2, 0.25) is 0 Å². The number of nitrogens with zero attached hydrogens (tertiary/aromatic N) is 3. The average molecular weight is 492 g/mol. The van der Waals surface area contributed by atoms with E-state index in [0.29, 0.717) is 0 Å². The zero-order valence-electron chi connectivity index (χ0n) is 20.4. The largest absolute Gasteiger partial charge is 0.355 e. The van der Waals surface area contributed by atoms with Crippen LogP contribution in [-0.2, 0) is 11.2 Å². The number of aryl methyl sites for hydroxylation is 1. The Labute approximate surface area is 214 Å². The van der Waals surface area contributed by atoms with Crippen molar-refractivity contribution in [3.8, 4) is 0 Å². The predicted molar refractivity (Wildman–Crippen MR) is 147 cm³/mol. The average Bonchev–Trinajstić information content (AvgIpc) is 3.34. The van der Waals surface area contributed by atoms with E-state index in [-0.39, 0.29) is 5.82 Å². The molecule has 2 N–H and O–H groups in total. The van der Waals surface area contributed by atoms with Crippen molar-refractivity contribution in [2.24, 2.45) is 0 Å². The highest BCUT2D eigenvalue weighted by Gasteiger charge is 2.20. The molecule has 6 nitrogen and oxygen atoms in total. The number of carbonyl (C=O) groups excluding carboxylic acids is 1. The number of amides is 1. The summed E-state index contributed by atoms with van der Waals surface area (Å²) in [4.78, 5) is 20.9. The van der Waals surface area contributed by atoms with Crippen LogP contribution in [0, 0.1) is 12.7 Å². The number of rotatable bonds is 5. The third kappa shape index (κ3) is 5.56. The summed E-state index contributed by atoms with van der Waals surface area (Å²) in [7, 11) is 0. The van der Waals surface area contributed by atoms with E-state index in [1.807, 2.05) is 67.6 Å². The number of nitrogens with one attached hydrogen (secondary N) is 2. The fourth-order valence-corrected chi connectivity index (χ4v) is 4.38. The van der Waals surface area contributed by atoms with Gasteiger partial charge in [0.2, 0.25) is 6.41 Å². The molecule has 7 heteroatoms. The molecule has 1 aliphatic heterocycles. The van der Waals surface area contributed by atoms with Crippen molar-refractivity contribution in [1.82, 2.24) is 9.97 Å². The Morgan fingerprint density at radius 1 is 0.865 bits per heavy atom. The lowest BCUT2D eigenvalue weighted by Gasteiger charge is -2.13. The summed E-state index contributed by atoms with van der Waals surface area (Å²) in [5.41, 5.74) is 8.05. The van der Waals surface area contributed by atoms with E-state index >= 15 is 0 Å². The van der Waals surface area contributed by atoms with E-state index in [4.69, 9.17) is 0 Å². The molecule has 1 aliphatic rings. The molecular weight excluding hydrogens is 465 g/mol. The maximum atomic E-state index is 13.4. The van der Waals surface area contributed by atoms with Crippen LogP contribution < -0.4 is 15.5 Å². The first-order chi connectivity index (χ1) is 18.1. The molecule has 6 rings (SSSR count). The molecule has 0 spiro atoms. The molecule has 0 aliphatic carbocycles. The Hall–Kier alpha value is -4.78. The minimum atomic E-state index is -0.257. The predicted octanol–water partition coefficient (Wildman–Crippen LogP) is 6.77. The van der Waals surface area contributed by atoms with Gasteiger partial charge in [-0.1, -0.05) is 18.2 Å². The van der Waals surface area contributed by atoms with Crippen molar-refractivity contribution in [3.05, 3.63) is 114 Å². The van der Waals surface area contributed by atoms with Gasteiger partial charge in [-0.25, -0.2) is 4.39 Å². The summed E-state index contributed by atoms with van der Waals surface area (Å²) in [5.74, 6) is -0.257. The van der Waals surface area contributed by atoms with Gasteiger partial charge in [-0.15, -0.1) is 0 Å². The molecule has 0 bridgehead atoms. The first-order valence-electron chi connectivity index (χ1n) is 12.0. The van der Waals surface area contributed by atoms with Gasteiger partial charge < -0.3 is 15.5 Å². The number of hydrogen-bond donors (Lipinski definition) is 2. The summed E-state index contributed by atoms with van der Waals surface area (Å²) < 4.78 is 13.4. The molecule has 184 valence electrons. The van der Waals surface area contributed by atoms with Gasteiger partial charge in [-0.05, 0) is 79.6 Å². The fraction of sp³-hybridized carbons (Fsp3) is 0.100. The van der Waals surface area contributed by atoms with Crippen molar-refractivity contribution < 1.29 is 9.18 Å². The number of aromatic nitrogens is 2. The van der Waals surface area contributed by atoms with E-state index in [2.05, 4.69) is 20.6 Å². The number of halogens is 1. The zero-order chi connectivity index (χ0) is 25.6. The highest BCUT2D eigenvalue weighted by molar-refractivity contribution is 5.92. The van der Waals surface area contributed by atoms with Crippen LogP contribution >= 0.6 is 0 Å². The van der Waals surface area contributed by atoms with Crippen LogP contribution in [0.25, 0.3) is 10.9 Å². The number of benzene rings is 3. The van der Waals surface area contributed by atoms with Crippen LogP contribution in [0.3, 0.4) is 0 Å². The van der Waals surface area contributed by atoms with E-state index in [0.717, 1.165) is 58.7 Å². The summed E-state index contributed by atoms with van der Waals surface area (Å²) in [6, 6.07) is 24.3. The Morgan fingerprint density at radius 2 is 1.68 bits per heavy atom. The summed E-state index contributed by atoms with van der Waals surface area (Å²) in [6.45, 7) is 2.80. The summed E-state index contributed by atoms with van der Waals surface area (Å²) in [6.07, 6.45) is 7.01. The van der Waals surface area contributed by atoms with Crippen LogP contribution in [0.5, 0.6) is 0 Å². The Bertz CT molecular complexity index is 1540. The summed E-state index contributed by atoms with van der Waals surface area (Å²) >= 11 is 0. The van der Waals surface area contributed by atoms with Gasteiger partial charge in [-0.2, -0.15) is 0 Å². The molecule has 0 saturated heterocycles. The maximum Gasteiger partial charge on any atom is 0.214 e. The molecule has 0 radical (unpaired) electrons.